The molecule has 2 rings (SSSR count). The summed E-state index contributed by atoms with van der Waals surface area (Å²) in [4.78, 5) is 29.8. The SMILES string of the molecule is COCCNC(=O)C(CC(=O)O)Sc1nc2cc(N(C)C)ccc2s1. The average Bonchev–Trinajstić information content (AvgIpc) is 2.95. The van der Waals surface area contributed by atoms with Crippen molar-refractivity contribution in [2.45, 2.75) is 16.0 Å². The number of amides is 1. The summed E-state index contributed by atoms with van der Waals surface area (Å²) in [5, 5.41) is 11.0. The van der Waals surface area contributed by atoms with Crippen LogP contribution in [0.25, 0.3) is 10.2 Å². The van der Waals surface area contributed by atoms with E-state index in [2.05, 4.69) is 10.3 Å². The smallest absolute Gasteiger partial charge is 0.305 e. The molecule has 0 fully saturated rings. The quantitative estimate of drug-likeness (QED) is 0.506. The zero-order valence-corrected chi connectivity index (χ0v) is 15.9. The molecule has 2 N–H and O–H groups in total. The highest BCUT2D eigenvalue weighted by Crippen LogP contribution is 2.34. The van der Waals surface area contributed by atoms with Crippen LogP contribution in [0.5, 0.6) is 0 Å². The van der Waals surface area contributed by atoms with Gasteiger partial charge in [-0.25, -0.2) is 4.98 Å². The number of aromatic nitrogens is 1. The lowest BCUT2D eigenvalue weighted by molar-refractivity contribution is -0.138. The predicted molar refractivity (Wildman–Crippen MR) is 101 cm³/mol. The number of hydrogen-bond acceptors (Lipinski definition) is 7. The number of nitrogens with zero attached hydrogens (tertiary/aromatic N) is 2. The van der Waals surface area contributed by atoms with Crippen LogP contribution < -0.4 is 10.2 Å². The van der Waals surface area contributed by atoms with Crippen LogP contribution >= 0.6 is 23.1 Å². The molecule has 9 heteroatoms. The number of carbonyl (C=O) groups excluding carboxylic acids is 1. The number of carboxylic acid groups (broad SMARTS) is 1. The number of fused-ring (bicyclic) bond motifs is 1. The summed E-state index contributed by atoms with van der Waals surface area (Å²) in [6.07, 6.45) is -0.262. The van der Waals surface area contributed by atoms with Gasteiger partial charge < -0.3 is 20.1 Å². The van der Waals surface area contributed by atoms with Crippen molar-refractivity contribution >= 4 is 50.9 Å². The van der Waals surface area contributed by atoms with Gasteiger partial charge in [-0.05, 0) is 18.2 Å². The van der Waals surface area contributed by atoms with Crippen molar-refractivity contribution in [2.24, 2.45) is 0 Å². The van der Waals surface area contributed by atoms with Crippen molar-refractivity contribution in [3.63, 3.8) is 0 Å². The molecule has 0 bridgehead atoms. The van der Waals surface area contributed by atoms with Crippen molar-refractivity contribution < 1.29 is 19.4 Å². The van der Waals surface area contributed by atoms with Crippen LogP contribution in [0.1, 0.15) is 6.42 Å². The number of hydrogen-bond donors (Lipinski definition) is 2. The first-order chi connectivity index (χ1) is 11.9. The molecule has 1 unspecified atom stereocenters. The summed E-state index contributed by atoms with van der Waals surface area (Å²) in [5.41, 5.74) is 1.88. The van der Waals surface area contributed by atoms with Crippen LogP contribution in [0.2, 0.25) is 0 Å². The second kappa shape index (κ2) is 9.02. The van der Waals surface area contributed by atoms with Crippen LogP contribution in [0.4, 0.5) is 5.69 Å². The van der Waals surface area contributed by atoms with E-state index < -0.39 is 11.2 Å². The molecule has 0 aliphatic heterocycles. The van der Waals surface area contributed by atoms with Crippen molar-refractivity contribution in [1.29, 1.82) is 0 Å². The molecule has 1 atom stereocenters. The monoisotopic (exact) mass is 383 g/mol. The van der Waals surface area contributed by atoms with Crippen LogP contribution in [0, 0.1) is 0 Å². The van der Waals surface area contributed by atoms with Gasteiger partial charge in [0.1, 0.15) is 5.25 Å². The van der Waals surface area contributed by atoms with Crippen molar-refractivity contribution in [3.05, 3.63) is 18.2 Å². The number of carboxylic acids is 1. The summed E-state index contributed by atoms with van der Waals surface area (Å²) < 4.78 is 6.57. The van der Waals surface area contributed by atoms with Gasteiger partial charge >= 0.3 is 5.97 Å². The van der Waals surface area contributed by atoms with Crippen LogP contribution in [-0.4, -0.2) is 61.6 Å². The molecule has 0 aliphatic carbocycles. The van der Waals surface area contributed by atoms with Gasteiger partial charge in [0.2, 0.25) is 5.91 Å². The third-order valence-electron chi connectivity index (χ3n) is 3.37. The molecular weight excluding hydrogens is 362 g/mol. The summed E-state index contributed by atoms with van der Waals surface area (Å²) in [6, 6.07) is 5.96. The Morgan fingerprint density at radius 1 is 1.44 bits per heavy atom. The second-order valence-electron chi connectivity index (χ2n) is 5.51. The molecule has 1 aromatic carbocycles. The van der Waals surface area contributed by atoms with Crippen LogP contribution in [0.15, 0.2) is 22.5 Å². The van der Waals surface area contributed by atoms with E-state index in [4.69, 9.17) is 9.84 Å². The minimum Gasteiger partial charge on any atom is -0.481 e. The van der Waals surface area contributed by atoms with E-state index in [0.29, 0.717) is 17.5 Å². The Balaban J connectivity index is 2.15. The number of anilines is 1. The maximum atomic E-state index is 12.2. The number of ether oxygens (including phenoxy) is 1. The fourth-order valence-electron chi connectivity index (χ4n) is 2.08. The average molecular weight is 383 g/mol. The zero-order chi connectivity index (χ0) is 18.4. The molecule has 136 valence electrons. The van der Waals surface area contributed by atoms with Gasteiger partial charge in [0, 0.05) is 33.4 Å². The number of thiazole rings is 1. The maximum Gasteiger partial charge on any atom is 0.305 e. The predicted octanol–water partition coefficient (Wildman–Crippen LogP) is 2.06. The number of rotatable bonds is 9. The van der Waals surface area contributed by atoms with Gasteiger partial charge in [-0.1, -0.05) is 11.8 Å². The molecule has 0 spiro atoms. The first kappa shape index (κ1) is 19.5. The van der Waals surface area contributed by atoms with E-state index >= 15 is 0 Å². The Morgan fingerprint density at radius 2 is 2.20 bits per heavy atom. The molecule has 1 aromatic heterocycles. The van der Waals surface area contributed by atoms with Gasteiger partial charge in [0.25, 0.3) is 0 Å². The first-order valence-corrected chi connectivity index (χ1v) is 9.33. The molecule has 2 aromatic rings. The summed E-state index contributed by atoms with van der Waals surface area (Å²) >= 11 is 2.64. The largest absolute Gasteiger partial charge is 0.481 e. The van der Waals surface area contributed by atoms with Crippen molar-refractivity contribution in [3.8, 4) is 0 Å². The molecule has 1 amide bonds. The Labute approximate surface area is 154 Å². The molecule has 0 aliphatic rings. The number of aliphatic carboxylic acids is 1. The van der Waals surface area contributed by atoms with Crippen molar-refractivity contribution in [1.82, 2.24) is 10.3 Å². The molecule has 0 saturated carbocycles. The Morgan fingerprint density at radius 3 is 2.84 bits per heavy atom. The first-order valence-electron chi connectivity index (χ1n) is 7.63. The highest BCUT2D eigenvalue weighted by atomic mass is 32.2. The number of nitrogens with one attached hydrogen (secondary N) is 1. The molecule has 0 saturated heterocycles. The van der Waals surface area contributed by atoms with Crippen molar-refractivity contribution in [2.75, 3.05) is 39.3 Å². The lowest BCUT2D eigenvalue weighted by Crippen LogP contribution is -2.36. The third-order valence-corrected chi connectivity index (χ3v) is 5.70. The van der Waals surface area contributed by atoms with Gasteiger partial charge in [-0.3, -0.25) is 9.59 Å². The van der Waals surface area contributed by atoms with Gasteiger partial charge in [0.15, 0.2) is 4.34 Å². The Bertz CT molecular complexity index is 748. The Kier molecular flexibility index (Phi) is 7.03. The maximum absolute atomic E-state index is 12.2. The zero-order valence-electron chi connectivity index (χ0n) is 14.3. The van der Waals surface area contributed by atoms with E-state index in [0.717, 1.165) is 15.9 Å². The second-order valence-corrected chi connectivity index (χ2v) is 7.99. The summed E-state index contributed by atoms with van der Waals surface area (Å²) in [7, 11) is 5.45. The van der Waals surface area contributed by atoms with Crippen LogP contribution in [0.3, 0.4) is 0 Å². The lowest BCUT2D eigenvalue weighted by atomic mass is 10.3. The highest BCUT2D eigenvalue weighted by molar-refractivity contribution is 8.02. The standard InChI is InChI=1S/C16H21N3O4S2/c1-19(2)10-4-5-12-11(8-10)18-16(24-12)25-13(9-14(20)21)15(22)17-6-7-23-3/h4-5,8,13H,6-7,9H2,1-3H3,(H,17,22)(H,20,21). The lowest BCUT2D eigenvalue weighted by Gasteiger charge is -2.13. The number of carbonyl (C=O) groups is 2. The minimum absolute atomic E-state index is 0.262. The fourth-order valence-corrected chi connectivity index (χ4v) is 4.38. The molecule has 0 radical (unpaired) electrons. The summed E-state index contributed by atoms with van der Waals surface area (Å²) in [6.45, 7) is 0.725. The molecule has 1 heterocycles. The van der Waals surface area contributed by atoms with Crippen LogP contribution in [-0.2, 0) is 14.3 Å². The van der Waals surface area contributed by atoms with E-state index in [1.807, 2.05) is 37.2 Å². The molecule has 25 heavy (non-hydrogen) atoms. The molecular formula is C16H21N3O4S2. The summed E-state index contributed by atoms with van der Waals surface area (Å²) in [5.74, 6) is -1.34. The van der Waals surface area contributed by atoms with E-state index in [-0.39, 0.29) is 12.3 Å². The number of thioether (sulfide) groups is 1. The topological polar surface area (TPSA) is 91.8 Å². The number of benzene rings is 1. The van der Waals surface area contributed by atoms with Gasteiger partial charge in [0.05, 0.1) is 23.2 Å². The van der Waals surface area contributed by atoms with E-state index in [9.17, 15) is 9.59 Å². The Hall–Kier alpha value is -1.84. The highest BCUT2D eigenvalue weighted by Gasteiger charge is 2.24. The van der Waals surface area contributed by atoms with E-state index in [1.165, 1.54) is 23.1 Å². The molecule has 7 nitrogen and oxygen atoms in total. The van der Waals surface area contributed by atoms with Gasteiger partial charge in [-0.15, -0.1) is 11.3 Å². The third kappa shape index (κ3) is 5.58. The number of methoxy groups -OCH3 is 1. The fraction of sp³-hybridized carbons (Fsp3) is 0.438. The normalized spacial score (nSPS) is 12.1. The minimum atomic E-state index is -1.02. The van der Waals surface area contributed by atoms with Gasteiger partial charge in [-0.2, -0.15) is 0 Å². The van der Waals surface area contributed by atoms with E-state index in [1.54, 1.807) is 7.11 Å².